The number of hydrogen-bond acceptors (Lipinski definition) is 5. The molecule has 0 bridgehead atoms. The smallest absolute Gasteiger partial charge is 0.262 e. The molecule has 2 aromatic carbocycles. The number of para-hydroxylation sites is 1. The number of anilines is 1. The molecular weight excluding hydrogens is 410 g/mol. The standard InChI is InChI=1S/C21H22ClN3O3S/c1-13-10-14(2)19(16(22)11-13)24-18(27)12-29-21-23-17-7-4-3-6-15(17)20(28)25(21)8-5-9-26/h3-4,6-7,10-11,26H,5,8-9,12H2,1-2H3,(H,24,27). The third-order valence-electron chi connectivity index (χ3n) is 4.39. The molecule has 152 valence electrons. The lowest BCUT2D eigenvalue weighted by Gasteiger charge is -2.14. The minimum Gasteiger partial charge on any atom is -0.396 e. The van der Waals surface area contributed by atoms with Crippen LogP contribution >= 0.6 is 23.4 Å². The Balaban J connectivity index is 1.82. The summed E-state index contributed by atoms with van der Waals surface area (Å²) in [6.45, 7) is 4.13. The summed E-state index contributed by atoms with van der Waals surface area (Å²) in [6.07, 6.45) is 0.428. The van der Waals surface area contributed by atoms with Crippen molar-refractivity contribution < 1.29 is 9.90 Å². The van der Waals surface area contributed by atoms with E-state index in [0.717, 1.165) is 11.1 Å². The number of aromatic nitrogens is 2. The number of nitrogens with one attached hydrogen (secondary N) is 1. The number of hydrogen-bond donors (Lipinski definition) is 2. The highest BCUT2D eigenvalue weighted by Gasteiger charge is 2.14. The molecule has 0 radical (unpaired) electrons. The number of aliphatic hydroxyl groups is 1. The van der Waals surface area contributed by atoms with Crippen molar-refractivity contribution in [3.05, 3.63) is 62.9 Å². The third kappa shape index (κ3) is 4.98. The molecule has 0 aliphatic rings. The van der Waals surface area contributed by atoms with Gasteiger partial charge in [-0.15, -0.1) is 0 Å². The van der Waals surface area contributed by atoms with E-state index < -0.39 is 0 Å². The summed E-state index contributed by atoms with van der Waals surface area (Å²) in [5, 5.41) is 13.5. The zero-order chi connectivity index (χ0) is 21.0. The molecule has 0 atom stereocenters. The third-order valence-corrected chi connectivity index (χ3v) is 5.67. The van der Waals surface area contributed by atoms with Crippen LogP contribution in [0.25, 0.3) is 10.9 Å². The first-order valence-corrected chi connectivity index (χ1v) is 10.6. The summed E-state index contributed by atoms with van der Waals surface area (Å²) < 4.78 is 1.51. The monoisotopic (exact) mass is 431 g/mol. The molecule has 0 fully saturated rings. The van der Waals surface area contributed by atoms with Crippen LogP contribution in [0.2, 0.25) is 5.02 Å². The summed E-state index contributed by atoms with van der Waals surface area (Å²) in [4.78, 5) is 29.9. The summed E-state index contributed by atoms with van der Waals surface area (Å²) >= 11 is 7.45. The Hall–Kier alpha value is -2.35. The van der Waals surface area contributed by atoms with Gasteiger partial charge >= 0.3 is 0 Å². The molecule has 1 aromatic heterocycles. The SMILES string of the molecule is Cc1cc(C)c(NC(=O)CSc2nc3ccccc3c(=O)n2CCCO)c(Cl)c1. The minimum atomic E-state index is -0.236. The van der Waals surface area contributed by atoms with Crippen molar-refractivity contribution in [3.63, 3.8) is 0 Å². The second kappa shape index (κ2) is 9.43. The van der Waals surface area contributed by atoms with Crippen LogP contribution in [0.15, 0.2) is 46.3 Å². The number of amides is 1. The lowest BCUT2D eigenvalue weighted by molar-refractivity contribution is -0.113. The topological polar surface area (TPSA) is 84.2 Å². The van der Waals surface area contributed by atoms with Gasteiger partial charge < -0.3 is 10.4 Å². The Kier molecular flexibility index (Phi) is 6.95. The highest BCUT2D eigenvalue weighted by atomic mass is 35.5. The van der Waals surface area contributed by atoms with Crippen LogP contribution < -0.4 is 10.9 Å². The fraction of sp³-hybridized carbons (Fsp3) is 0.286. The molecule has 3 rings (SSSR count). The number of fused-ring (bicyclic) bond motifs is 1. The molecular formula is C21H22ClN3O3S. The zero-order valence-corrected chi connectivity index (χ0v) is 17.8. The molecule has 0 saturated heterocycles. The zero-order valence-electron chi connectivity index (χ0n) is 16.2. The van der Waals surface area contributed by atoms with Crippen LogP contribution in [-0.4, -0.2) is 32.9 Å². The predicted octanol–water partition coefficient (Wildman–Crippen LogP) is 3.78. The maximum absolute atomic E-state index is 12.8. The first kappa shape index (κ1) is 21.4. The average molecular weight is 432 g/mol. The number of benzene rings is 2. The van der Waals surface area contributed by atoms with E-state index in [1.165, 1.54) is 16.3 Å². The summed E-state index contributed by atoms with van der Waals surface area (Å²) in [6, 6.07) is 10.9. The number of halogens is 1. The lowest BCUT2D eigenvalue weighted by atomic mass is 10.1. The van der Waals surface area contributed by atoms with E-state index in [1.54, 1.807) is 24.3 Å². The molecule has 0 aliphatic heterocycles. The Morgan fingerprint density at radius 2 is 2.03 bits per heavy atom. The Bertz CT molecular complexity index is 1090. The molecule has 0 unspecified atom stereocenters. The van der Waals surface area contributed by atoms with Crippen LogP contribution in [0.1, 0.15) is 17.5 Å². The van der Waals surface area contributed by atoms with E-state index in [-0.39, 0.29) is 23.8 Å². The van der Waals surface area contributed by atoms with Gasteiger partial charge in [0, 0.05) is 13.2 Å². The van der Waals surface area contributed by atoms with Crippen molar-refractivity contribution in [1.29, 1.82) is 0 Å². The molecule has 2 N–H and O–H groups in total. The molecule has 6 nitrogen and oxygen atoms in total. The number of carbonyl (C=O) groups is 1. The quantitative estimate of drug-likeness (QED) is 0.439. The van der Waals surface area contributed by atoms with Gasteiger partial charge in [0.2, 0.25) is 5.91 Å². The Morgan fingerprint density at radius 3 is 2.76 bits per heavy atom. The molecule has 0 aliphatic carbocycles. The van der Waals surface area contributed by atoms with E-state index >= 15 is 0 Å². The van der Waals surface area contributed by atoms with E-state index in [9.17, 15) is 9.59 Å². The van der Waals surface area contributed by atoms with Gasteiger partial charge in [0.15, 0.2) is 5.16 Å². The summed E-state index contributed by atoms with van der Waals surface area (Å²) in [7, 11) is 0. The molecule has 3 aromatic rings. The van der Waals surface area contributed by atoms with Crippen LogP contribution in [0.4, 0.5) is 5.69 Å². The lowest BCUT2D eigenvalue weighted by Crippen LogP contribution is -2.25. The van der Waals surface area contributed by atoms with Crippen LogP contribution in [-0.2, 0) is 11.3 Å². The minimum absolute atomic E-state index is 0.0327. The van der Waals surface area contributed by atoms with Gasteiger partial charge in [0.05, 0.1) is 27.4 Å². The molecule has 1 heterocycles. The van der Waals surface area contributed by atoms with Crippen molar-refractivity contribution >= 4 is 45.9 Å². The number of carbonyl (C=O) groups excluding carboxylic acids is 1. The maximum Gasteiger partial charge on any atom is 0.262 e. The number of aliphatic hydroxyl groups excluding tert-OH is 1. The van der Waals surface area contributed by atoms with Crippen LogP contribution in [0, 0.1) is 13.8 Å². The van der Waals surface area contributed by atoms with E-state index in [2.05, 4.69) is 10.3 Å². The Morgan fingerprint density at radius 1 is 1.28 bits per heavy atom. The number of nitrogens with zero attached hydrogens (tertiary/aromatic N) is 2. The largest absolute Gasteiger partial charge is 0.396 e. The average Bonchev–Trinajstić information content (AvgIpc) is 2.68. The normalized spacial score (nSPS) is 11.0. The molecule has 1 amide bonds. The molecule has 29 heavy (non-hydrogen) atoms. The highest BCUT2D eigenvalue weighted by Crippen LogP contribution is 2.28. The van der Waals surface area contributed by atoms with Gasteiger partial charge in [-0.25, -0.2) is 4.98 Å². The highest BCUT2D eigenvalue weighted by molar-refractivity contribution is 7.99. The predicted molar refractivity (Wildman–Crippen MR) is 118 cm³/mol. The fourth-order valence-corrected chi connectivity index (χ4v) is 4.26. The van der Waals surface area contributed by atoms with Crippen molar-refractivity contribution in [2.75, 3.05) is 17.7 Å². The van der Waals surface area contributed by atoms with E-state index in [4.69, 9.17) is 16.7 Å². The molecule has 0 saturated carbocycles. The number of aryl methyl sites for hydroxylation is 2. The fourth-order valence-electron chi connectivity index (χ4n) is 3.06. The molecule has 0 spiro atoms. The first-order valence-electron chi connectivity index (χ1n) is 9.20. The molecule has 8 heteroatoms. The number of thioether (sulfide) groups is 1. The van der Waals surface area contributed by atoms with Crippen molar-refractivity contribution in [2.24, 2.45) is 0 Å². The van der Waals surface area contributed by atoms with Crippen molar-refractivity contribution in [1.82, 2.24) is 9.55 Å². The first-order chi connectivity index (χ1) is 13.9. The summed E-state index contributed by atoms with van der Waals surface area (Å²) in [5.41, 5.74) is 2.90. The van der Waals surface area contributed by atoms with E-state index in [0.29, 0.717) is 39.7 Å². The Labute approximate surface area is 177 Å². The van der Waals surface area contributed by atoms with Crippen LogP contribution in [0.5, 0.6) is 0 Å². The van der Waals surface area contributed by atoms with Gasteiger partial charge in [-0.2, -0.15) is 0 Å². The van der Waals surface area contributed by atoms with Gasteiger partial charge in [0.1, 0.15) is 0 Å². The van der Waals surface area contributed by atoms with Crippen molar-refractivity contribution in [2.45, 2.75) is 32.0 Å². The van der Waals surface area contributed by atoms with Crippen molar-refractivity contribution in [3.8, 4) is 0 Å². The number of rotatable bonds is 7. The van der Waals surface area contributed by atoms with Gasteiger partial charge in [0.25, 0.3) is 5.56 Å². The maximum atomic E-state index is 12.8. The second-order valence-electron chi connectivity index (χ2n) is 6.72. The van der Waals surface area contributed by atoms with Gasteiger partial charge in [-0.1, -0.05) is 41.6 Å². The van der Waals surface area contributed by atoms with Gasteiger partial charge in [-0.05, 0) is 49.6 Å². The van der Waals surface area contributed by atoms with Crippen LogP contribution in [0.3, 0.4) is 0 Å². The van der Waals surface area contributed by atoms with Gasteiger partial charge in [-0.3, -0.25) is 14.2 Å². The van der Waals surface area contributed by atoms with E-state index in [1.807, 2.05) is 26.0 Å². The summed E-state index contributed by atoms with van der Waals surface area (Å²) in [5.74, 6) is -0.159. The second-order valence-corrected chi connectivity index (χ2v) is 8.07.